The van der Waals surface area contributed by atoms with Crippen LogP contribution in [0.4, 0.5) is 0 Å². The molecular formula is C28H26Cl3N3O5S. The molecule has 0 bridgehead atoms. The van der Waals surface area contributed by atoms with Crippen LogP contribution in [-0.4, -0.2) is 33.1 Å². The van der Waals surface area contributed by atoms with Gasteiger partial charge >= 0.3 is 5.97 Å². The zero-order chi connectivity index (χ0) is 29.0. The van der Waals surface area contributed by atoms with Crippen LogP contribution in [0, 0.1) is 0 Å². The van der Waals surface area contributed by atoms with Crippen molar-refractivity contribution in [2.24, 2.45) is 4.99 Å². The standard InChI is InChI=1S/C28H26Cl3N3O5S/c1-4-21(35)33-26(28(29,30)31)39-19-13-11-17(12-14-19)15-20-24(36)34-23(18-9-7-6-8-10-18)22(25(37)38-5-2)16(3)32-27(34)40-20/h6-15,23,26H,4-5H2,1-3H3,(H,33,35)/b20-15+/t23-,26+/m0/s1. The molecule has 2 atom stereocenters. The van der Waals surface area contributed by atoms with E-state index in [0.29, 0.717) is 31.9 Å². The molecule has 2 aromatic carbocycles. The molecule has 8 nitrogen and oxygen atoms in total. The van der Waals surface area contributed by atoms with Gasteiger partial charge in [-0.2, -0.15) is 0 Å². The Kier molecular flexibility index (Phi) is 9.41. The molecule has 40 heavy (non-hydrogen) atoms. The number of hydrogen-bond donors (Lipinski definition) is 1. The SMILES string of the molecule is CCOC(=O)C1=C(C)N=c2s/c(=C/c3ccc(O[C@@H](NC(=O)CC)C(Cl)(Cl)Cl)cc3)c(=O)n2[C@H]1c1ccccc1. The predicted octanol–water partition coefficient (Wildman–Crippen LogP) is 4.40. The lowest BCUT2D eigenvalue weighted by Crippen LogP contribution is -2.47. The highest BCUT2D eigenvalue weighted by molar-refractivity contribution is 7.07. The number of hydrogen-bond acceptors (Lipinski definition) is 7. The van der Waals surface area contributed by atoms with Crippen molar-refractivity contribution >= 4 is 64.1 Å². The Morgan fingerprint density at radius 1 is 1.12 bits per heavy atom. The summed E-state index contributed by atoms with van der Waals surface area (Å²) >= 11 is 19.2. The topological polar surface area (TPSA) is 99.0 Å². The van der Waals surface area contributed by atoms with Crippen LogP contribution in [0.15, 0.2) is 75.7 Å². The summed E-state index contributed by atoms with van der Waals surface area (Å²) < 4.78 is 11.1. The highest BCUT2D eigenvalue weighted by Crippen LogP contribution is 2.32. The van der Waals surface area contributed by atoms with Crippen LogP contribution in [0.25, 0.3) is 6.08 Å². The van der Waals surface area contributed by atoms with Crippen molar-refractivity contribution in [1.29, 1.82) is 0 Å². The van der Waals surface area contributed by atoms with Crippen LogP contribution >= 0.6 is 46.1 Å². The monoisotopic (exact) mass is 621 g/mol. The number of alkyl halides is 3. The minimum Gasteiger partial charge on any atom is -0.466 e. The molecule has 2 heterocycles. The quantitative estimate of drug-likeness (QED) is 0.228. The summed E-state index contributed by atoms with van der Waals surface area (Å²) in [5.41, 5.74) is 2.02. The van der Waals surface area contributed by atoms with Gasteiger partial charge in [-0.15, -0.1) is 0 Å². The van der Waals surface area contributed by atoms with Crippen LogP contribution < -0.4 is 24.9 Å². The van der Waals surface area contributed by atoms with E-state index in [9.17, 15) is 14.4 Å². The van der Waals surface area contributed by atoms with Gasteiger partial charge in [-0.3, -0.25) is 14.2 Å². The van der Waals surface area contributed by atoms with Gasteiger partial charge in [0.1, 0.15) is 5.75 Å². The molecule has 0 spiro atoms. The first-order chi connectivity index (χ1) is 19.0. The average molecular weight is 623 g/mol. The van der Waals surface area contributed by atoms with Gasteiger partial charge in [0.2, 0.25) is 15.9 Å². The zero-order valence-electron chi connectivity index (χ0n) is 21.8. The third-order valence-electron chi connectivity index (χ3n) is 5.97. The van der Waals surface area contributed by atoms with Gasteiger partial charge in [0.15, 0.2) is 4.80 Å². The molecule has 3 aromatic rings. The van der Waals surface area contributed by atoms with E-state index in [0.717, 1.165) is 5.56 Å². The Hall–Kier alpha value is -3.11. The first kappa shape index (κ1) is 29.9. The van der Waals surface area contributed by atoms with E-state index >= 15 is 0 Å². The summed E-state index contributed by atoms with van der Waals surface area (Å²) in [5.74, 6) is -0.491. The van der Waals surface area contributed by atoms with Crippen molar-refractivity contribution in [3.05, 3.63) is 96.7 Å². The van der Waals surface area contributed by atoms with E-state index in [2.05, 4.69) is 10.3 Å². The fraction of sp³-hybridized carbons (Fsp3) is 0.286. The highest BCUT2D eigenvalue weighted by Gasteiger charge is 2.36. The molecule has 0 saturated carbocycles. The van der Waals surface area contributed by atoms with Gasteiger partial charge in [-0.1, -0.05) is 95.5 Å². The van der Waals surface area contributed by atoms with E-state index < -0.39 is 22.0 Å². The second kappa shape index (κ2) is 12.6. The number of esters is 1. The number of ether oxygens (including phenoxy) is 2. The fourth-order valence-electron chi connectivity index (χ4n) is 4.10. The molecule has 0 fully saturated rings. The summed E-state index contributed by atoms with van der Waals surface area (Å²) in [6, 6.07) is 15.4. The molecule has 4 rings (SSSR count). The molecule has 1 amide bonds. The number of rotatable bonds is 8. The van der Waals surface area contributed by atoms with Crippen LogP contribution in [0.3, 0.4) is 0 Å². The number of amides is 1. The summed E-state index contributed by atoms with van der Waals surface area (Å²) in [4.78, 5) is 43.5. The van der Waals surface area contributed by atoms with Gasteiger partial charge in [0.05, 0.1) is 28.5 Å². The normalized spacial score (nSPS) is 16.1. The Balaban J connectivity index is 1.71. The lowest BCUT2D eigenvalue weighted by Gasteiger charge is -2.26. The molecule has 1 aliphatic rings. The molecule has 0 aliphatic carbocycles. The maximum atomic E-state index is 13.7. The number of thiazole rings is 1. The van der Waals surface area contributed by atoms with Gasteiger partial charge in [-0.05, 0) is 43.2 Å². The Bertz CT molecular complexity index is 1610. The van der Waals surface area contributed by atoms with Crippen LogP contribution in [0.2, 0.25) is 0 Å². The Labute approximate surface area is 249 Å². The number of carbonyl (C=O) groups is 2. The van der Waals surface area contributed by atoms with Crippen molar-refractivity contribution in [3.63, 3.8) is 0 Å². The predicted molar refractivity (Wildman–Crippen MR) is 156 cm³/mol. The number of nitrogens with one attached hydrogen (secondary N) is 1. The number of aromatic nitrogens is 1. The molecule has 210 valence electrons. The van der Waals surface area contributed by atoms with Crippen molar-refractivity contribution in [1.82, 2.24) is 9.88 Å². The average Bonchev–Trinajstić information content (AvgIpc) is 3.22. The largest absolute Gasteiger partial charge is 0.466 e. The van der Waals surface area contributed by atoms with Crippen molar-refractivity contribution < 1.29 is 19.1 Å². The van der Waals surface area contributed by atoms with E-state index in [-0.39, 0.29) is 24.5 Å². The summed E-state index contributed by atoms with van der Waals surface area (Å²) in [7, 11) is 0. The van der Waals surface area contributed by atoms with Crippen LogP contribution in [-0.2, 0) is 14.3 Å². The second-order valence-electron chi connectivity index (χ2n) is 8.74. The molecule has 0 unspecified atom stereocenters. The number of carbonyl (C=O) groups excluding carboxylic acids is 2. The molecule has 1 aliphatic heterocycles. The number of nitrogens with zero attached hydrogens (tertiary/aromatic N) is 2. The van der Waals surface area contributed by atoms with E-state index in [4.69, 9.17) is 44.3 Å². The molecule has 1 aromatic heterocycles. The minimum absolute atomic E-state index is 0.197. The third-order valence-corrected chi connectivity index (χ3v) is 7.55. The first-order valence-electron chi connectivity index (χ1n) is 12.4. The lowest BCUT2D eigenvalue weighted by atomic mass is 9.96. The van der Waals surface area contributed by atoms with Crippen LogP contribution in [0.1, 0.15) is 44.4 Å². The smallest absolute Gasteiger partial charge is 0.338 e. The zero-order valence-corrected chi connectivity index (χ0v) is 24.9. The molecule has 1 N–H and O–H groups in total. The van der Waals surface area contributed by atoms with E-state index in [1.807, 2.05) is 30.3 Å². The molecule has 0 saturated heterocycles. The van der Waals surface area contributed by atoms with Crippen molar-refractivity contribution in [2.45, 2.75) is 43.3 Å². The van der Waals surface area contributed by atoms with Crippen molar-refractivity contribution in [3.8, 4) is 5.75 Å². The summed E-state index contributed by atoms with van der Waals surface area (Å²) in [6.45, 7) is 5.35. The number of benzene rings is 2. The summed E-state index contributed by atoms with van der Waals surface area (Å²) in [6.07, 6.45) is 0.724. The molecule has 12 heteroatoms. The van der Waals surface area contributed by atoms with Crippen molar-refractivity contribution in [2.75, 3.05) is 6.61 Å². The van der Waals surface area contributed by atoms with E-state index in [1.54, 1.807) is 51.1 Å². The Morgan fingerprint density at radius 3 is 2.40 bits per heavy atom. The maximum absolute atomic E-state index is 13.7. The van der Waals surface area contributed by atoms with Crippen LogP contribution in [0.5, 0.6) is 5.75 Å². The maximum Gasteiger partial charge on any atom is 0.338 e. The Morgan fingerprint density at radius 2 is 1.80 bits per heavy atom. The number of fused-ring (bicyclic) bond motifs is 1. The second-order valence-corrected chi connectivity index (χ2v) is 12.1. The number of halogens is 3. The van der Waals surface area contributed by atoms with Gasteiger partial charge in [0.25, 0.3) is 5.56 Å². The van der Waals surface area contributed by atoms with Gasteiger partial charge < -0.3 is 14.8 Å². The minimum atomic E-state index is -1.90. The molecule has 0 radical (unpaired) electrons. The summed E-state index contributed by atoms with van der Waals surface area (Å²) in [5, 5.41) is 2.53. The van der Waals surface area contributed by atoms with Gasteiger partial charge in [-0.25, -0.2) is 9.79 Å². The third kappa shape index (κ3) is 6.61. The fourth-order valence-corrected chi connectivity index (χ4v) is 5.44. The first-order valence-corrected chi connectivity index (χ1v) is 14.4. The van der Waals surface area contributed by atoms with E-state index in [1.165, 1.54) is 15.9 Å². The molecular weight excluding hydrogens is 597 g/mol. The number of allylic oxidation sites excluding steroid dienone is 1. The highest BCUT2D eigenvalue weighted by atomic mass is 35.6. The van der Waals surface area contributed by atoms with Gasteiger partial charge in [0, 0.05) is 6.42 Å². The lowest BCUT2D eigenvalue weighted by molar-refractivity contribution is -0.139.